The molecular formula is C7H12F2N2O. The Hall–Kier alpha value is -0.710. The largest absolute Gasteiger partial charge is 0.337 e. The number of amides is 1. The molecule has 0 bridgehead atoms. The van der Waals surface area contributed by atoms with Gasteiger partial charge in [0.05, 0.1) is 5.92 Å². The number of carbonyl (C=O) groups is 1. The summed E-state index contributed by atoms with van der Waals surface area (Å²) in [4.78, 5) is 12.1. The molecule has 0 radical (unpaired) electrons. The number of hydrogen-bond acceptors (Lipinski definition) is 2. The van der Waals surface area contributed by atoms with Crippen molar-refractivity contribution in [1.29, 1.82) is 0 Å². The van der Waals surface area contributed by atoms with Crippen molar-refractivity contribution in [2.24, 2.45) is 11.7 Å². The Bertz CT molecular complexity index is 196. The van der Waals surface area contributed by atoms with Gasteiger partial charge in [-0.05, 0) is 6.92 Å². The van der Waals surface area contributed by atoms with Gasteiger partial charge in [-0.25, -0.2) is 0 Å². The van der Waals surface area contributed by atoms with E-state index in [1.807, 2.05) is 0 Å². The standard InChI is InChI=1S/C7H12F2N2O/c1-2-11-4-5(3-10)7(8,9)6(11)12/h5H,2-4,10H2,1H3. The maximum Gasteiger partial charge on any atom is 0.330 e. The number of alkyl halides is 2. The lowest BCUT2D eigenvalue weighted by Gasteiger charge is -2.12. The molecule has 2 N–H and O–H groups in total. The Kier molecular flexibility index (Phi) is 2.32. The second-order valence-corrected chi connectivity index (χ2v) is 2.90. The molecule has 1 unspecified atom stereocenters. The molecule has 0 spiro atoms. The topological polar surface area (TPSA) is 46.3 Å². The molecule has 12 heavy (non-hydrogen) atoms. The van der Waals surface area contributed by atoms with Crippen LogP contribution in [-0.4, -0.2) is 36.4 Å². The SMILES string of the molecule is CCN1CC(CN)C(F)(F)C1=O. The molecule has 70 valence electrons. The second-order valence-electron chi connectivity index (χ2n) is 2.90. The van der Waals surface area contributed by atoms with E-state index in [2.05, 4.69) is 0 Å². The maximum absolute atomic E-state index is 13.0. The maximum atomic E-state index is 13.0. The highest BCUT2D eigenvalue weighted by atomic mass is 19.3. The van der Waals surface area contributed by atoms with Gasteiger partial charge in [-0.2, -0.15) is 8.78 Å². The lowest BCUT2D eigenvalue weighted by Crippen LogP contribution is -2.37. The smallest absolute Gasteiger partial charge is 0.330 e. The first-order chi connectivity index (χ1) is 5.54. The predicted octanol–water partition coefficient (Wildman–Crippen LogP) is 0.0587. The lowest BCUT2D eigenvalue weighted by molar-refractivity contribution is -0.150. The summed E-state index contributed by atoms with van der Waals surface area (Å²) in [5, 5.41) is 0. The minimum atomic E-state index is -3.25. The van der Waals surface area contributed by atoms with Crippen molar-refractivity contribution in [3.63, 3.8) is 0 Å². The zero-order valence-corrected chi connectivity index (χ0v) is 6.89. The van der Waals surface area contributed by atoms with Crippen LogP contribution in [0.5, 0.6) is 0 Å². The number of likely N-dealkylation sites (tertiary alicyclic amines) is 1. The van der Waals surface area contributed by atoms with Crippen molar-refractivity contribution >= 4 is 5.91 Å². The molecule has 0 aromatic heterocycles. The van der Waals surface area contributed by atoms with E-state index in [9.17, 15) is 13.6 Å². The lowest BCUT2D eigenvalue weighted by atomic mass is 10.1. The van der Waals surface area contributed by atoms with Crippen molar-refractivity contribution in [2.45, 2.75) is 12.8 Å². The molecule has 0 aromatic rings. The van der Waals surface area contributed by atoms with Gasteiger partial charge < -0.3 is 10.6 Å². The number of nitrogens with two attached hydrogens (primary N) is 1. The average Bonchev–Trinajstić information content (AvgIpc) is 2.25. The third-order valence-corrected chi connectivity index (χ3v) is 2.19. The van der Waals surface area contributed by atoms with Gasteiger partial charge in [0.1, 0.15) is 0 Å². The highest BCUT2D eigenvalue weighted by molar-refractivity contribution is 5.86. The third-order valence-electron chi connectivity index (χ3n) is 2.19. The van der Waals surface area contributed by atoms with Gasteiger partial charge in [-0.1, -0.05) is 0 Å². The normalized spacial score (nSPS) is 28.2. The molecule has 1 amide bonds. The van der Waals surface area contributed by atoms with Crippen molar-refractivity contribution in [2.75, 3.05) is 19.6 Å². The van der Waals surface area contributed by atoms with Crippen LogP contribution in [0.25, 0.3) is 0 Å². The first-order valence-corrected chi connectivity index (χ1v) is 3.91. The van der Waals surface area contributed by atoms with Crippen LogP contribution in [0.2, 0.25) is 0 Å². The third kappa shape index (κ3) is 1.18. The molecule has 1 saturated heterocycles. The number of carbonyl (C=O) groups excluding carboxylic acids is 1. The molecule has 1 rings (SSSR count). The number of hydrogen-bond donors (Lipinski definition) is 1. The summed E-state index contributed by atoms with van der Waals surface area (Å²) >= 11 is 0. The minimum Gasteiger partial charge on any atom is -0.337 e. The van der Waals surface area contributed by atoms with Crippen LogP contribution >= 0.6 is 0 Å². The van der Waals surface area contributed by atoms with Crippen molar-refractivity contribution < 1.29 is 13.6 Å². The Morgan fingerprint density at radius 3 is 2.58 bits per heavy atom. The first-order valence-electron chi connectivity index (χ1n) is 3.91. The summed E-state index contributed by atoms with van der Waals surface area (Å²) in [6.07, 6.45) is 0. The van der Waals surface area contributed by atoms with Gasteiger partial charge >= 0.3 is 5.92 Å². The van der Waals surface area contributed by atoms with E-state index in [0.717, 1.165) is 4.90 Å². The summed E-state index contributed by atoms with van der Waals surface area (Å²) < 4.78 is 25.9. The fourth-order valence-corrected chi connectivity index (χ4v) is 1.34. The van der Waals surface area contributed by atoms with Crippen molar-refractivity contribution in [1.82, 2.24) is 4.90 Å². The minimum absolute atomic E-state index is 0.0822. The Morgan fingerprint density at radius 1 is 1.75 bits per heavy atom. The van der Waals surface area contributed by atoms with Gasteiger partial charge in [0.2, 0.25) is 0 Å². The molecule has 1 atom stereocenters. The first kappa shape index (κ1) is 9.38. The fourth-order valence-electron chi connectivity index (χ4n) is 1.34. The monoisotopic (exact) mass is 178 g/mol. The summed E-state index contributed by atoms with van der Waals surface area (Å²) in [6, 6.07) is 0. The van der Waals surface area contributed by atoms with E-state index in [1.165, 1.54) is 0 Å². The molecule has 0 saturated carbocycles. The van der Waals surface area contributed by atoms with Crippen LogP contribution in [0.1, 0.15) is 6.92 Å². The van der Waals surface area contributed by atoms with E-state index in [-0.39, 0.29) is 13.1 Å². The van der Waals surface area contributed by atoms with Gasteiger partial charge in [0, 0.05) is 19.6 Å². The highest BCUT2D eigenvalue weighted by Crippen LogP contribution is 2.33. The second kappa shape index (κ2) is 2.97. The van der Waals surface area contributed by atoms with Crippen LogP contribution in [0.15, 0.2) is 0 Å². The Morgan fingerprint density at radius 2 is 2.33 bits per heavy atom. The molecule has 1 aliphatic heterocycles. The molecule has 5 heteroatoms. The number of nitrogens with zero attached hydrogens (tertiary/aromatic N) is 1. The highest BCUT2D eigenvalue weighted by Gasteiger charge is 2.54. The number of halogens is 2. The summed E-state index contributed by atoms with van der Waals surface area (Å²) in [7, 11) is 0. The average molecular weight is 178 g/mol. The van der Waals surface area contributed by atoms with E-state index < -0.39 is 17.7 Å². The molecule has 1 aliphatic rings. The van der Waals surface area contributed by atoms with Gasteiger partial charge in [-0.3, -0.25) is 4.79 Å². The molecule has 1 heterocycles. The van der Waals surface area contributed by atoms with Crippen LogP contribution in [0, 0.1) is 5.92 Å². The Labute approximate surface area is 69.5 Å². The summed E-state index contributed by atoms with van der Waals surface area (Å²) in [6.45, 7) is 1.94. The van der Waals surface area contributed by atoms with Crippen LogP contribution in [0.3, 0.4) is 0 Å². The van der Waals surface area contributed by atoms with Gasteiger partial charge in [-0.15, -0.1) is 0 Å². The Balaban J connectivity index is 2.80. The van der Waals surface area contributed by atoms with E-state index in [4.69, 9.17) is 5.73 Å². The number of rotatable bonds is 2. The van der Waals surface area contributed by atoms with Crippen LogP contribution in [0.4, 0.5) is 8.78 Å². The van der Waals surface area contributed by atoms with Crippen LogP contribution < -0.4 is 5.73 Å². The van der Waals surface area contributed by atoms with Gasteiger partial charge in [0.25, 0.3) is 5.91 Å². The molecule has 0 aromatic carbocycles. The summed E-state index contributed by atoms with van der Waals surface area (Å²) in [5.41, 5.74) is 5.13. The fraction of sp³-hybridized carbons (Fsp3) is 0.857. The molecular weight excluding hydrogens is 166 g/mol. The quantitative estimate of drug-likeness (QED) is 0.649. The zero-order valence-electron chi connectivity index (χ0n) is 6.89. The predicted molar refractivity (Wildman–Crippen MR) is 39.7 cm³/mol. The van der Waals surface area contributed by atoms with Crippen molar-refractivity contribution in [3.05, 3.63) is 0 Å². The van der Waals surface area contributed by atoms with E-state index in [0.29, 0.717) is 6.54 Å². The van der Waals surface area contributed by atoms with Gasteiger partial charge in [0.15, 0.2) is 0 Å². The summed E-state index contributed by atoms with van der Waals surface area (Å²) in [5.74, 6) is -5.34. The van der Waals surface area contributed by atoms with Crippen LogP contribution in [-0.2, 0) is 4.79 Å². The van der Waals surface area contributed by atoms with Crippen molar-refractivity contribution in [3.8, 4) is 0 Å². The molecule has 3 nitrogen and oxygen atoms in total. The molecule has 1 fully saturated rings. The van der Waals surface area contributed by atoms with E-state index >= 15 is 0 Å². The molecule has 0 aliphatic carbocycles. The van der Waals surface area contributed by atoms with E-state index in [1.54, 1.807) is 6.92 Å². The zero-order chi connectivity index (χ0) is 9.35.